The molecule has 0 amide bonds. The number of esters is 4. The number of rotatable bonds is 6. The van der Waals surface area contributed by atoms with E-state index in [4.69, 9.17) is 9.47 Å². The first-order valence-electron chi connectivity index (χ1n) is 11.3. The lowest BCUT2D eigenvalue weighted by molar-refractivity contribution is -0.155. The fourth-order valence-corrected chi connectivity index (χ4v) is 7.90. The van der Waals surface area contributed by atoms with Gasteiger partial charge >= 0.3 is 23.9 Å². The highest BCUT2D eigenvalue weighted by Crippen LogP contribution is 2.43. The van der Waals surface area contributed by atoms with Crippen LogP contribution in [-0.2, 0) is 40.2 Å². The number of hydrogen-bond acceptors (Lipinski definition) is 8. The monoisotopic (exact) mass is 474 g/mol. The number of fused-ring (bicyclic) bond motifs is 2. The van der Waals surface area contributed by atoms with E-state index >= 15 is 0 Å². The van der Waals surface area contributed by atoms with E-state index < -0.39 is 0 Å². The summed E-state index contributed by atoms with van der Waals surface area (Å²) in [7, 11) is 0. The molecule has 8 heteroatoms. The normalized spacial score (nSPS) is 34.1. The second-order valence-corrected chi connectivity index (χ2v) is 11.8. The summed E-state index contributed by atoms with van der Waals surface area (Å²) in [5, 5.41) is 0.744. The Morgan fingerprint density at radius 1 is 0.656 bits per heavy atom. The van der Waals surface area contributed by atoms with Gasteiger partial charge in [0.05, 0.1) is 23.7 Å². The molecular weight excluding hydrogens is 448 g/mol. The first-order chi connectivity index (χ1) is 15.5. The molecule has 6 nitrogen and oxygen atoms in total. The molecule has 4 aliphatic rings. The van der Waals surface area contributed by atoms with E-state index in [1.165, 1.54) is 11.1 Å². The maximum absolute atomic E-state index is 11.9. The first-order valence-corrected chi connectivity index (χ1v) is 13.4. The van der Waals surface area contributed by atoms with Gasteiger partial charge in [-0.2, -0.15) is 23.5 Å². The fraction of sp³-hybridized carbons (Fsp3) is 0.583. The Labute approximate surface area is 195 Å². The quantitative estimate of drug-likeness (QED) is 0.453. The molecule has 32 heavy (non-hydrogen) atoms. The summed E-state index contributed by atoms with van der Waals surface area (Å²) in [6.07, 6.45) is 4.82. The third kappa shape index (κ3) is 4.49. The zero-order chi connectivity index (χ0) is 22.2. The van der Waals surface area contributed by atoms with Crippen molar-refractivity contribution in [3.63, 3.8) is 0 Å². The Hall–Kier alpha value is -1.80. The van der Waals surface area contributed by atoms with Crippen LogP contribution in [0, 0.1) is 23.7 Å². The summed E-state index contributed by atoms with van der Waals surface area (Å²) < 4.78 is 9.63. The van der Waals surface area contributed by atoms with Crippen LogP contribution >= 0.6 is 23.5 Å². The van der Waals surface area contributed by atoms with Crippen LogP contribution < -0.4 is 0 Å². The Morgan fingerprint density at radius 3 is 1.56 bits per heavy atom. The van der Waals surface area contributed by atoms with Gasteiger partial charge in [0.2, 0.25) is 0 Å². The molecule has 2 aliphatic carbocycles. The number of cyclic esters (lactones) is 4. The van der Waals surface area contributed by atoms with Gasteiger partial charge in [-0.3, -0.25) is 19.2 Å². The Bertz CT molecular complexity index is 875. The van der Waals surface area contributed by atoms with Crippen LogP contribution in [0.5, 0.6) is 0 Å². The van der Waals surface area contributed by atoms with Crippen molar-refractivity contribution >= 4 is 47.4 Å². The van der Waals surface area contributed by atoms with E-state index in [-0.39, 0.29) is 47.5 Å². The van der Waals surface area contributed by atoms with Gasteiger partial charge in [-0.25, -0.2) is 0 Å². The largest absolute Gasteiger partial charge is 0.393 e. The predicted octanol–water partition coefficient (Wildman–Crippen LogP) is 3.89. The number of carbonyl (C=O) groups is 4. The zero-order valence-electron chi connectivity index (χ0n) is 17.7. The Balaban J connectivity index is 1.11. The van der Waals surface area contributed by atoms with Crippen LogP contribution in [0.25, 0.3) is 0 Å². The van der Waals surface area contributed by atoms with E-state index in [1.807, 2.05) is 23.5 Å². The van der Waals surface area contributed by atoms with Gasteiger partial charge in [-0.05, 0) is 49.7 Å². The van der Waals surface area contributed by atoms with Crippen molar-refractivity contribution in [2.45, 2.75) is 60.5 Å². The minimum absolute atomic E-state index is 0.223. The van der Waals surface area contributed by atoms with E-state index in [0.29, 0.717) is 10.5 Å². The number of hydrogen-bond donors (Lipinski definition) is 0. The van der Waals surface area contributed by atoms with Gasteiger partial charge in [-0.15, -0.1) is 0 Å². The molecule has 0 radical (unpaired) electrons. The van der Waals surface area contributed by atoms with E-state index in [9.17, 15) is 19.2 Å². The maximum Gasteiger partial charge on any atom is 0.317 e. The zero-order valence-corrected chi connectivity index (χ0v) is 19.3. The molecule has 2 heterocycles. The maximum atomic E-state index is 11.9. The summed E-state index contributed by atoms with van der Waals surface area (Å²) in [5.74, 6) is -0.537. The van der Waals surface area contributed by atoms with Crippen LogP contribution in [0.1, 0.15) is 49.7 Å². The molecule has 2 saturated carbocycles. The molecule has 6 unspecified atom stereocenters. The van der Waals surface area contributed by atoms with Crippen LogP contribution in [0.3, 0.4) is 0 Å². The van der Waals surface area contributed by atoms with E-state index in [1.54, 1.807) is 0 Å². The molecule has 6 atom stereocenters. The molecule has 0 aromatic heterocycles. The topological polar surface area (TPSA) is 86.7 Å². The fourth-order valence-electron chi connectivity index (χ4n) is 5.39. The van der Waals surface area contributed by atoms with Crippen molar-refractivity contribution in [2.24, 2.45) is 23.7 Å². The lowest BCUT2D eigenvalue weighted by Crippen LogP contribution is -2.28. The lowest BCUT2D eigenvalue weighted by atomic mass is 9.81. The molecule has 0 spiro atoms. The third-order valence-corrected chi connectivity index (χ3v) is 9.98. The average Bonchev–Trinajstić information content (AvgIpc) is 3.25. The second kappa shape index (κ2) is 9.21. The summed E-state index contributed by atoms with van der Waals surface area (Å²) in [6, 6.07) is 8.58. The molecular formula is C24H26O6S2. The lowest BCUT2D eigenvalue weighted by Gasteiger charge is -2.27. The Kier molecular flexibility index (Phi) is 6.34. The molecule has 0 bridgehead atoms. The first kappa shape index (κ1) is 22.0. The summed E-state index contributed by atoms with van der Waals surface area (Å²) in [6.45, 7) is 0. The number of ether oxygens (including phenoxy) is 2. The number of thioether (sulfide) groups is 2. The highest BCUT2D eigenvalue weighted by Gasteiger charge is 2.48. The van der Waals surface area contributed by atoms with Crippen molar-refractivity contribution in [2.75, 3.05) is 0 Å². The van der Waals surface area contributed by atoms with Gasteiger partial charge in [0.15, 0.2) is 0 Å². The number of benzene rings is 1. The van der Waals surface area contributed by atoms with Gasteiger partial charge in [0.25, 0.3) is 0 Å². The summed E-state index contributed by atoms with van der Waals surface area (Å²) >= 11 is 3.72. The number of carbonyl (C=O) groups excluding carboxylic acids is 4. The molecule has 2 saturated heterocycles. The van der Waals surface area contributed by atoms with Crippen molar-refractivity contribution in [3.8, 4) is 0 Å². The highest BCUT2D eigenvalue weighted by molar-refractivity contribution is 7.99. The van der Waals surface area contributed by atoms with Gasteiger partial charge < -0.3 is 9.47 Å². The van der Waals surface area contributed by atoms with Crippen molar-refractivity contribution < 1.29 is 28.7 Å². The van der Waals surface area contributed by atoms with Gasteiger partial charge in [0, 0.05) is 22.0 Å². The van der Waals surface area contributed by atoms with Crippen LogP contribution in [-0.4, -0.2) is 34.4 Å². The SMILES string of the molecule is O=C1OC(=O)C2CC(SCc3cccc(CSC4CCC5C(=O)OC(=O)C5C4)c3)CCC12. The molecule has 0 N–H and O–H groups in total. The minimum atomic E-state index is -0.339. The third-order valence-electron chi connectivity index (χ3n) is 7.18. The predicted molar refractivity (Wildman–Crippen MR) is 120 cm³/mol. The summed E-state index contributed by atoms with van der Waals surface area (Å²) in [5.41, 5.74) is 2.52. The van der Waals surface area contributed by atoms with Crippen molar-refractivity contribution in [3.05, 3.63) is 35.4 Å². The smallest absolute Gasteiger partial charge is 0.317 e. The highest BCUT2D eigenvalue weighted by atomic mass is 32.2. The standard InChI is InChI=1S/C24H26O6S2/c25-21-17-6-4-15(9-19(17)23(27)29-21)31-11-13-2-1-3-14(8-13)12-32-16-5-7-18-20(10-16)24(28)30-22(18)26/h1-3,8,15-20H,4-7,9-12H2. The van der Waals surface area contributed by atoms with Crippen LogP contribution in [0.2, 0.25) is 0 Å². The molecule has 170 valence electrons. The average molecular weight is 475 g/mol. The van der Waals surface area contributed by atoms with E-state index in [2.05, 4.69) is 24.3 Å². The van der Waals surface area contributed by atoms with Gasteiger partial charge in [-0.1, -0.05) is 24.3 Å². The molecule has 1 aromatic rings. The molecule has 1 aromatic carbocycles. The molecule has 2 aliphatic heterocycles. The summed E-state index contributed by atoms with van der Waals surface area (Å²) in [4.78, 5) is 47.2. The van der Waals surface area contributed by atoms with Crippen molar-refractivity contribution in [1.29, 1.82) is 0 Å². The van der Waals surface area contributed by atoms with E-state index in [0.717, 1.165) is 50.0 Å². The Morgan fingerprint density at radius 2 is 1.09 bits per heavy atom. The van der Waals surface area contributed by atoms with Crippen LogP contribution in [0.4, 0.5) is 0 Å². The molecule has 5 rings (SSSR count). The van der Waals surface area contributed by atoms with Gasteiger partial charge in [0.1, 0.15) is 0 Å². The minimum Gasteiger partial charge on any atom is -0.393 e. The van der Waals surface area contributed by atoms with Crippen LogP contribution in [0.15, 0.2) is 24.3 Å². The van der Waals surface area contributed by atoms with Crippen molar-refractivity contribution in [1.82, 2.24) is 0 Å². The second-order valence-electron chi connectivity index (χ2n) is 9.22. The molecule has 4 fully saturated rings.